The summed E-state index contributed by atoms with van der Waals surface area (Å²) in [6.45, 7) is 0. The number of hydrogen-bond acceptors (Lipinski definition) is 4. The molecule has 2 heterocycles. The molecule has 5 aromatic carbocycles. The predicted octanol–water partition coefficient (Wildman–Crippen LogP) is 7.87. The lowest BCUT2D eigenvalue weighted by atomic mass is 10.00. The van der Waals surface area contributed by atoms with E-state index in [0.717, 1.165) is 38.0 Å². The molecule has 2 aromatic heterocycles. The Morgan fingerprint density at radius 1 is 0.457 bits per heavy atom. The second-order valence-corrected chi connectivity index (χ2v) is 8.87. The number of pyridine rings is 1. The molecular weight excluding hydrogens is 452 g/mol. The first-order chi connectivity index (χ1) is 17.2. The van der Waals surface area contributed by atoms with Crippen LogP contribution in [0.25, 0.3) is 66.1 Å². The van der Waals surface area contributed by atoms with Gasteiger partial charge in [-0.2, -0.15) is 9.97 Å². The Balaban J connectivity index is 1.40. The molecule has 0 saturated carbocycles. The van der Waals surface area contributed by atoms with Crippen molar-refractivity contribution in [2.75, 3.05) is 0 Å². The summed E-state index contributed by atoms with van der Waals surface area (Å²) in [6.07, 6.45) is 0. The standard InChI is InChI=1S/C30H17ClN4/c31-30-34-28(22-14-12-20-10-9-18-5-1-3-7-23(18)25(20)17-22)33-29(35-30)26-16-15-21-13-11-19-6-2-4-8-24(19)27(21)32-26/h1-17H. The van der Waals surface area contributed by atoms with Crippen LogP contribution in [0.3, 0.4) is 0 Å². The van der Waals surface area contributed by atoms with Crippen molar-refractivity contribution in [2.45, 2.75) is 0 Å². The average molecular weight is 469 g/mol. The van der Waals surface area contributed by atoms with Crippen LogP contribution in [-0.4, -0.2) is 19.9 Å². The quantitative estimate of drug-likeness (QED) is 0.242. The molecule has 7 rings (SSSR count). The van der Waals surface area contributed by atoms with Crippen molar-refractivity contribution in [1.82, 2.24) is 19.9 Å². The van der Waals surface area contributed by atoms with Crippen LogP contribution < -0.4 is 0 Å². The van der Waals surface area contributed by atoms with Gasteiger partial charge in [0.25, 0.3) is 0 Å². The van der Waals surface area contributed by atoms with Gasteiger partial charge in [-0.3, -0.25) is 0 Å². The van der Waals surface area contributed by atoms with Gasteiger partial charge < -0.3 is 0 Å². The lowest BCUT2D eigenvalue weighted by Crippen LogP contribution is -1.99. The third-order valence-corrected chi connectivity index (χ3v) is 6.60. The molecule has 0 N–H and O–H groups in total. The topological polar surface area (TPSA) is 51.6 Å². The van der Waals surface area contributed by atoms with E-state index in [2.05, 4.69) is 82.8 Å². The van der Waals surface area contributed by atoms with E-state index in [1.165, 1.54) is 10.8 Å². The number of nitrogens with zero attached hydrogens (tertiary/aromatic N) is 4. The molecule has 0 spiro atoms. The summed E-state index contributed by atoms with van der Waals surface area (Å²) < 4.78 is 0. The molecule has 0 aliphatic heterocycles. The number of rotatable bonds is 2. The Kier molecular flexibility index (Phi) is 4.47. The SMILES string of the molecule is Clc1nc(-c2ccc3ccc4ccccc4c3c2)nc(-c2ccc3ccc4ccccc4c3n2)n1. The first kappa shape index (κ1) is 20.0. The van der Waals surface area contributed by atoms with Gasteiger partial charge in [0.1, 0.15) is 5.69 Å². The normalized spacial score (nSPS) is 11.6. The minimum absolute atomic E-state index is 0.142. The van der Waals surface area contributed by atoms with Gasteiger partial charge in [0.2, 0.25) is 5.28 Å². The van der Waals surface area contributed by atoms with E-state index in [0.29, 0.717) is 17.3 Å². The maximum atomic E-state index is 6.39. The van der Waals surface area contributed by atoms with E-state index in [-0.39, 0.29) is 5.28 Å². The largest absolute Gasteiger partial charge is 0.244 e. The molecule has 0 aliphatic carbocycles. The Morgan fingerprint density at radius 3 is 1.89 bits per heavy atom. The van der Waals surface area contributed by atoms with Crippen molar-refractivity contribution in [3.8, 4) is 22.9 Å². The van der Waals surface area contributed by atoms with Gasteiger partial charge >= 0.3 is 0 Å². The van der Waals surface area contributed by atoms with E-state index in [9.17, 15) is 0 Å². The molecule has 0 atom stereocenters. The minimum Gasteiger partial charge on any atom is -0.244 e. The van der Waals surface area contributed by atoms with Crippen molar-refractivity contribution < 1.29 is 0 Å². The maximum Gasteiger partial charge on any atom is 0.226 e. The first-order valence-corrected chi connectivity index (χ1v) is 11.7. The van der Waals surface area contributed by atoms with Gasteiger partial charge in [-0.25, -0.2) is 9.97 Å². The number of benzene rings is 5. The summed E-state index contributed by atoms with van der Waals surface area (Å²) in [6, 6.07) is 35.3. The van der Waals surface area contributed by atoms with Gasteiger partial charge in [0.15, 0.2) is 11.6 Å². The lowest BCUT2D eigenvalue weighted by molar-refractivity contribution is 1.06. The van der Waals surface area contributed by atoms with Crippen LogP contribution in [0, 0.1) is 0 Å². The summed E-state index contributed by atoms with van der Waals surface area (Å²) in [4.78, 5) is 18.6. The van der Waals surface area contributed by atoms with Crippen molar-refractivity contribution in [2.24, 2.45) is 0 Å². The van der Waals surface area contributed by atoms with Crippen molar-refractivity contribution in [3.05, 3.63) is 108 Å². The van der Waals surface area contributed by atoms with Gasteiger partial charge in [-0.05, 0) is 50.7 Å². The van der Waals surface area contributed by atoms with Gasteiger partial charge in [-0.1, -0.05) is 91.0 Å². The van der Waals surface area contributed by atoms with Crippen LogP contribution in [0.1, 0.15) is 0 Å². The Hall–Kier alpha value is -4.41. The van der Waals surface area contributed by atoms with E-state index < -0.39 is 0 Å². The molecule has 0 unspecified atom stereocenters. The molecule has 5 heteroatoms. The highest BCUT2D eigenvalue weighted by molar-refractivity contribution is 6.28. The van der Waals surface area contributed by atoms with E-state index in [4.69, 9.17) is 21.6 Å². The van der Waals surface area contributed by atoms with Gasteiger partial charge in [0, 0.05) is 16.3 Å². The van der Waals surface area contributed by atoms with Crippen LogP contribution in [0.4, 0.5) is 0 Å². The summed E-state index contributed by atoms with van der Waals surface area (Å²) in [5.41, 5.74) is 2.45. The molecule has 0 bridgehead atoms. The fourth-order valence-electron chi connectivity index (χ4n) is 4.72. The lowest BCUT2D eigenvalue weighted by Gasteiger charge is -2.09. The Labute approximate surface area is 205 Å². The van der Waals surface area contributed by atoms with Crippen molar-refractivity contribution in [3.63, 3.8) is 0 Å². The second-order valence-electron chi connectivity index (χ2n) is 8.53. The molecule has 0 fully saturated rings. The highest BCUT2D eigenvalue weighted by Gasteiger charge is 2.13. The average Bonchev–Trinajstić information content (AvgIpc) is 2.92. The monoisotopic (exact) mass is 468 g/mol. The zero-order valence-corrected chi connectivity index (χ0v) is 19.2. The van der Waals surface area contributed by atoms with Crippen LogP contribution in [0.5, 0.6) is 0 Å². The fraction of sp³-hybridized carbons (Fsp3) is 0. The summed E-state index contributed by atoms with van der Waals surface area (Å²) in [7, 11) is 0. The predicted molar refractivity (Wildman–Crippen MR) is 144 cm³/mol. The number of hydrogen-bond donors (Lipinski definition) is 0. The van der Waals surface area contributed by atoms with Crippen LogP contribution in [0.15, 0.2) is 103 Å². The minimum atomic E-state index is 0.142. The van der Waals surface area contributed by atoms with Crippen LogP contribution in [0.2, 0.25) is 5.28 Å². The molecule has 164 valence electrons. The summed E-state index contributed by atoms with van der Waals surface area (Å²) in [5.74, 6) is 0.975. The number of aromatic nitrogens is 4. The highest BCUT2D eigenvalue weighted by atomic mass is 35.5. The third-order valence-electron chi connectivity index (χ3n) is 6.43. The Bertz CT molecular complexity index is 1790. The van der Waals surface area contributed by atoms with Crippen LogP contribution >= 0.6 is 11.6 Å². The molecule has 7 aromatic rings. The second kappa shape index (κ2) is 7.83. The van der Waals surface area contributed by atoms with Crippen molar-refractivity contribution in [1.29, 1.82) is 0 Å². The fourth-order valence-corrected chi connectivity index (χ4v) is 4.88. The number of fused-ring (bicyclic) bond motifs is 6. The number of halogens is 1. The molecular formula is C30H17ClN4. The summed E-state index contributed by atoms with van der Waals surface area (Å²) >= 11 is 6.39. The first-order valence-electron chi connectivity index (χ1n) is 11.4. The van der Waals surface area contributed by atoms with E-state index in [1.54, 1.807) is 0 Å². The molecule has 0 radical (unpaired) electrons. The van der Waals surface area contributed by atoms with Gasteiger partial charge in [0.05, 0.1) is 5.52 Å². The Morgan fingerprint density at radius 2 is 1.06 bits per heavy atom. The zero-order chi connectivity index (χ0) is 23.4. The van der Waals surface area contributed by atoms with Gasteiger partial charge in [-0.15, -0.1) is 0 Å². The molecule has 35 heavy (non-hydrogen) atoms. The molecule has 4 nitrogen and oxygen atoms in total. The van der Waals surface area contributed by atoms with Crippen molar-refractivity contribution >= 4 is 54.8 Å². The summed E-state index contributed by atoms with van der Waals surface area (Å²) in [5, 5.41) is 8.13. The van der Waals surface area contributed by atoms with E-state index in [1.807, 2.05) is 30.3 Å². The molecule has 0 aliphatic rings. The maximum absolute atomic E-state index is 6.39. The van der Waals surface area contributed by atoms with E-state index >= 15 is 0 Å². The van der Waals surface area contributed by atoms with Crippen LogP contribution in [-0.2, 0) is 0 Å². The highest BCUT2D eigenvalue weighted by Crippen LogP contribution is 2.31. The zero-order valence-electron chi connectivity index (χ0n) is 18.5. The molecule has 0 amide bonds. The smallest absolute Gasteiger partial charge is 0.226 e. The third kappa shape index (κ3) is 3.38. The molecule has 0 saturated heterocycles.